The molecule has 0 aromatic heterocycles. The van der Waals surface area contributed by atoms with E-state index in [0.29, 0.717) is 5.92 Å². The first-order valence-corrected chi connectivity index (χ1v) is 2.82. The molecule has 1 nitrogen and oxygen atoms in total. The van der Waals surface area contributed by atoms with Gasteiger partial charge in [0.1, 0.15) is 0 Å². The molecule has 7 heavy (non-hydrogen) atoms. The SMILES string of the molecule is CC1[CH]CCC1O. The van der Waals surface area contributed by atoms with Crippen LogP contribution in [0.5, 0.6) is 0 Å². The average Bonchev–Trinajstić information content (AvgIpc) is 1.91. The van der Waals surface area contributed by atoms with Crippen molar-refractivity contribution in [3.8, 4) is 0 Å². The average molecular weight is 99.2 g/mol. The van der Waals surface area contributed by atoms with Crippen molar-refractivity contribution in [2.75, 3.05) is 0 Å². The van der Waals surface area contributed by atoms with E-state index in [9.17, 15) is 0 Å². The van der Waals surface area contributed by atoms with Gasteiger partial charge in [-0.05, 0) is 25.2 Å². The lowest BCUT2D eigenvalue weighted by Gasteiger charge is -2.03. The molecule has 0 spiro atoms. The topological polar surface area (TPSA) is 20.2 Å². The molecule has 1 heteroatoms. The Labute approximate surface area is 44.4 Å². The Balaban J connectivity index is 2.33. The van der Waals surface area contributed by atoms with E-state index in [4.69, 9.17) is 5.11 Å². The fourth-order valence-electron chi connectivity index (χ4n) is 0.950. The molecule has 2 atom stereocenters. The monoisotopic (exact) mass is 99.1 g/mol. The number of aliphatic hydroxyl groups excluding tert-OH is 1. The number of aliphatic hydroxyl groups is 1. The fraction of sp³-hybridized carbons (Fsp3) is 0.833. The molecular weight excluding hydrogens is 88.1 g/mol. The molecule has 0 aliphatic heterocycles. The Hall–Kier alpha value is -0.0400. The van der Waals surface area contributed by atoms with Gasteiger partial charge in [-0.1, -0.05) is 6.92 Å². The molecule has 0 heterocycles. The predicted octanol–water partition coefficient (Wildman–Crippen LogP) is 0.981. The van der Waals surface area contributed by atoms with Gasteiger partial charge < -0.3 is 5.11 Å². The predicted molar refractivity (Wildman–Crippen MR) is 28.7 cm³/mol. The minimum absolute atomic E-state index is 0.0417. The Kier molecular flexibility index (Phi) is 1.33. The first-order chi connectivity index (χ1) is 3.30. The van der Waals surface area contributed by atoms with Crippen LogP contribution in [-0.4, -0.2) is 11.2 Å². The summed E-state index contributed by atoms with van der Waals surface area (Å²) in [6, 6.07) is 0. The van der Waals surface area contributed by atoms with Gasteiger partial charge >= 0.3 is 0 Å². The van der Waals surface area contributed by atoms with Crippen molar-refractivity contribution in [2.24, 2.45) is 5.92 Å². The van der Waals surface area contributed by atoms with Crippen molar-refractivity contribution in [1.82, 2.24) is 0 Å². The highest BCUT2D eigenvalue weighted by molar-refractivity contribution is 4.86. The van der Waals surface area contributed by atoms with Crippen LogP contribution < -0.4 is 0 Å². The molecule has 1 aliphatic carbocycles. The molecule has 41 valence electrons. The number of hydrogen-bond acceptors (Lipinski definition) is 1. The van der Waals surface area contributed by atoms with Crippen molar-refractivity contribution in [1.29, 1.82) is 0 Å². The Morgan fingerprint density at radius 3 is 2.57 bits per heavy atom. The van der Waals surface area contributed by atoms with E-state index >= 15 is 0 Å². The summed E-state index contributed by atoms with van der Waals surface area (Å²) in [4.78, 5) is 0. The fourth-order valence-corrected chi connectivity index (χ4v) is 0.950. The lowest BCUT2D eigenvalue weighted by atomic mass is 10.1. The van der Waals surface area contributed by atoms with Crippen LogP contribution in [0.15, 0.2) is 0 Å². The molecule has 1 saturated carbocycles. The smallest absolute Gasteiger partial charge is 0.0568 e. The molecule has 1 aliphatic rings. The van der Waals surface area contributed by atoms with E-state index in [1.54, 1.807) is 0 Å². The summed E-state index contributed by atoms with van der Waals surface area (Å²) < 4.78 is 0. The third kappa shape index (κ3) is 0.942. The quantitative estimate of drug-likeness (QED) is 0.480. The molecule has 0 saturated heterocycles. The van der Waals surface area contributed by atoms with Gasteiger partial charge in [0.05, 0.1) is 6.10 Å². The van der Waals surface area contributed by atoms with Crippen LogP contribution >= 0.6 is 0 Å². The normalized spacial score (nSPS) is 42.0. The van der Waals surface area contributed by atoms with E-state index in [1.165, 1.54) is 0 Å². The van der Waals surface area contributed by atoms with E-state index in [1.807, 2.05) is 0 Å². The van der Waals surface area contributed by atoms with Crippen molar-refractivity contribution < 1.29 is 5.11 Å². The minimum Gasteiger partial charge on any atom is -0.393 e. The lowest BCUT2D eigenvalue weighted by molar-refractivity contribution is 0.148. The van der Waals surface area contributed by atoms with Gasteiger partial charge in [0, 0.05) is 0 Å². The molecule has 1 radical (unpaired) electrons. The molecule has 1 fully saturated rings. The zero-order chi connectivity index (χ0) is 5.28. The summed E-state index contributed by atoms with van der Waals surface area (Å²) in [7, 11) is 0. The van der Waals surface area contributed by atoms with E-state index in [-0.39, 0.29) is 6.10 Å². The summed E-state index contributed by atoms with van der Waals surface area (Å²) in [5.74, 6) is 0.444. The summed E-state index contributed by atoms with van der Waals surface area (Å²) >= 11 is 0. The third-order valence-electron chi connectivity index (χ3n) is 1.61. The molecular formula is C6H11O. The Bertz CT molecular complexity index is 53.2. The highest BCUT2D eigenvalue weighted by Gasteiger charge is 2.19. The maximum absolute atomic E-state index is 8.97. The Morgan fingerprint density at radius 1 is 1.71 bits per heavy atom. The molecule has 1 rings (SSSR count). The van der Waals surface area contributed by atoms with E-state index < -0.39 is 0 Å². The minimum atomic E-state index is -0.0417. The zero-order valence-electron chi connectivity index (χ0n) is 4.59. The summed E-state index contributed by atoms with van der Waals surface area (Å²) in [5, 5.41) is 8.97. The second-order valence-electron chi connectivity index (χ2n) is 2.24. The largest absolute Gasteiger partial charge is 0.393 e. The first kappa shape index (κ1) is 5.10. The molecule has 1 N–H and O–H groups in total. The summed E-state index contributed by atoms with van der Waals surface area (Å²) in [6.07, 6.45) is 4.20. The standard InChI is InChI=1S/C6H11O/c1-5-3-2-4-6(5)7/h3,5-7H,2,4H2,1H3. The highest BCUT2D eigenvalue weighted by Crippen LogP contribution is 2.22. The summed E-state index contributed by atoms with van der Waals surface area (Å²) in [5.41, 5.74) is 0. The van der Waals surface area contributed by atoms with Gasteiger partial charge in [0.15, 0.2) is 0 Å². The van der Waals surface area contributed by atoms with Crippen LogP contribution in [0.3, 0.4) is 0 Å². The highest BCUT2D eigenvalue weighted by atomic mass is 16.3. The number of hydrogen-bond donors (Lipinski definition) is 1. The van der Waals surface area contributed by atoms with Gasteiger partial charge in [0.25, 0.3) is 0 Å². The molecule has 0 aromatic rings. The maximum atomic E-state index is 8.97. The Morgan fingerprint density at radius 2 is 2.43 bits per heavy atom. The van der Waals surface area contributed by atoms with Crippen molar-refractivity contribution in [3.05, 3.63) is 6.42 Å². The van der Waals surface area contributed by atoms with E-state index in [2.05, 4.69) is 13.3 Å². The van der Waals surface area contributed by atoms with Gasteiger partial charge in [-0.25, -0.2) is 0 Å². The van der Waals surface area contributed by atoms with Gasteiger partial charge in [-0.2, -0.15) is 0 Å². The van der Waals surface area contributed by atoms with Crippen molar-refractivity contribution in [3.63, 3.8) is 0 Å². The first-order valence-electron chi connectivity index (χ1n) is 2.82. The molecule has 0 aromatic carbocycles. The zero-order valence-corrected chi connectivity index (χ0v) is 4.59. The van der Waals surface area contributed by atoms with Crippen molar-refractivity contribution >= 4 is 0 Å². The van der Waals surface area contributed by atoms with Crippen LogP contribution in [0.4, 0.5) is 0 Å². The summed E-state index contributed by atoms with van der Waals surface area (Å²) in [6.45, 7) is 2.05. The second-order valence-corrected chi connectivity index (χ2v) is 2.24. The number of rotatable bonds is 0. The second kappa shape index (κ2) is 1.83. The third-order valence-corrected chi connectivity index (χ3v) is 1.61. The van der Waals surface area contributed by atoms with Crippen LogP contribution in [0.25, 0.3) is 0 Å². The molecule has 2 unspecified atom stereocenters. The van der Waals surface area contributed by atoms with Crippen LogP contribution in [0, 0.1) is 12.3 Å². The van der Waals surface area contributed by atoms with Crippen molar-refractivity contribution in [2.45, 2.75) is 25.9 Å². The van der Waals surface area contributed by atoms with Gasteiger partial charge in [-0.15, -0.1) is 0 Å². The van der Waals surface area contributed by atoms with Gasteiger partial charge in [-0.3, -0.25) is 0 Å². The van der Waals surface area contributed by atoms with Crippen LogP contribution in [-0.2, 0) is 0 Å². The van der Waals surface area contributed by atoms with E-state index in [0.717, 1.165) is 12.8 Å². The van der Waals surface area contributed by atoms with Crippen LogP contribution in [0.2, 0.25) is 0 Å². The lowest BCUT2D eigenvalue weighted by Crippen LogP contribution is -2.08. The van der Waals surface area contributed by atoms with Crippen LogP contribution in [0.1, 0.15) is 19.8 Å². The van der Waals surface area contributed by atoms with Gasteiger partial charge in [0.2, 0.25) is 0 Å². The molecule has 0 amide bonds. The maximum Gasteiger partial charge on any atom is 0.0568 e. The molecule has 0 bridgehead atoms.